The van der Waals surface area contributed by atoms with E-state index in [1.807, 2.05) is 36.6 Å². The van der Waals surface area contributed by atoms with Gasteiger partial charge in [0, 0.05) is 32.5 Å². The van der Waals surface area contributed by atoms with Gasteiger partial charge >= 0.3 is 0 Å². The van der Waals surface area contributed by atoms with Gasteiger partial charge < -0.3 is 19.9 Å². The number of fused-ring (bicyclic) bond motifs is 1. The van der Waals surface area contributed by atoms with Crippen LogP contribution in [0.5, 0.6) is 0 Å². The lowest BCUT2D eigenvalue weighted by molar-refractivity contribution is 0.0942. The molecule has 2 amide bonds. The van der Waals surface area contributed by atoms with Gasteiger partial charge in [-0.1, -0.05) is 18.2 Å². The lowest BCUT2D eigenvalue weighted by Gasteiger charge is -2.17. The molecule has 28 heavy (non-hydrogen) atoms. The number of anilines is 1. The number of imidazole rings is 1. The van der Waals surface area contributed by atoms with Crippen molar-refractivity contribution in [2.75, 3.05) is 25.6 Å². The van der Waals surface area contributed by atoms with Crippen LogP contribution in [0.25, 0.3) is 0 Å². The zero-order chi connectivity index (χ0) is 20.1. The number of nitrogens with one attached hydrogen (secondary N) is 2. The van der Waals surface area contributed by atoms with Crippen molar-refractivity contribution in [3.05, 3.63) is 46.5 Å². The Balaban J connectivity index is 1.84. The number of amides is 2. The Morgan fingerprint density at radius 3 is 2.64 bits per heavy atom. The third-order valence-electron chi connectivity index (χ3n) is 5.07. The summed E-state index contributed by atoms with van der Waals surface area (Å²) in [5, 5.41) is 5.86. The summed E-state index contributed by atoms with van der Waals surface area (Å²) in [5.74, 6) is -0.203. The molecule has 0 saturated heterocycles. The summed E-state index contributed by atoms with van der Waals surface area (Å²) in [6, 6.07) is 5.88. The summed E-state index contributed by atoms with van der Waals surface area (Å²) in [7, 11) is 1.63. The summed E-state index contributed by atoms with van der Waals surface area (Å²) in [4.78, 5) is 30.1. The average molecular weight is 384 g/mol. The van der Waals surface area contributed by atoms with Crippen molar-refractivity contribution in [3.8, 4) is 0 Å². The molecule has 3 rings (SSSR count). The van der Waals surface area contributed by atoms with Gasteiger partial charge in [-0.25, -0.2) is 4.98 Å². The van der Waals surface area contributed by atoms with Crippen LogP contribution < -0.4 is 10.6 Å². The number of para-hydroxylation sites is 1. The Bertz CT molecular complexity index is 853. The van der Waals surface area contributed by atoms with Crippen LogP contribution in [0.3, 0.4) is 0 Å². The fourth-order valence-corrected chi connectivity index (χ4v) is 3.58. The van der Waals surface area contributed by atoms with Gasteiger partial charge in [0.1, 0.15) is 5.69 Å². The van der Waals surface area contributed by atoms with Gasteiger partial charge in [0.15, 0.2) is 5.82 Å². The quantitative estimate of drug-likeness (QED) is 0.719. The Kier molecular flexibility index (Phi) is 6.46. The second-order valence-electron chi connectivity index (χ2n) is 7.16. The lowest BCUT2D eigenvalue weighted by atomic mass is 10.1. The molecular weight excluding hydrogens is 356 g/mol. The molecule has 1 aliphatic heterocycles. The number of ether oxygens (including phenoxy) is 1. The molecule has 2 N–H and O–H groups in total. The summed E-state index contributed by atoms with van der Waals surface area (Å²) in [6.07, 6.45) is 3.46. The van der Waals surface area contributed by atoms with Gasteiger partial charge in [-0.2, -0.15) is 0 Å². The van der Waals surface area contributed by atoms with Crippen LogP contribution in [0, 0.1) is 13.8 Å². The topological polar surface area (TPSA) is 85.2 Å². The minimum absolute atomic E-state index is 0.229. The van der Waals surface area contributed by atoms with Gasteiger partial charge in [-0.15, -0.1) is 0 Å². The first kappa shape index (κ1) is 20.1. The number of benzene rings is 1. The molecule has 1 aromatic carbocycles. The highest BCUT2D eigenvalue weighted by Gasteiger charge is 2.27. The maximum atomic E-state index is 13.0. The molecular formula is C21H28N4O3. The molecule has 2 aromatic rings. The summed E-state index contributed by atoms with van der Waals surface area (Å²) >= 11 is 0. The van der Waals surface area contributed by atoms with Crippen molar-refractivity contribution in [3.63, 3.8) is 0 Å². The molecule has 2 heterocycles. The van der Waals surface area contributed by atoms with Gasteiger partial charge in [0.2, 0.25) is 0 Å². The van der Waals surface area contributed by atoms with Gasteiger partial charge in [-0.3, -0.25) is 9.59 Å². The van der Waals surface area contributed by atoms with E-state index in [1.54, 1.807) is 7.11 Å². The molecule has 150 valence electrons. The molecule has 0 spiro atoms. The molecule has 0 atom stereocenters. The molecule has 7 nitrogen and oxygen atoms in total. The maximum Gasteiger partial charge on any atom is 0.291 e. The van der Waals surface area contributed by atoms with Crippen molar-refractivity contribution in [2.45, 2.75) is 46.1 Å². The van der Waals surface area contributed by atoms with E-state index in [2.05, 4.69) is 15.6 Å². The van der Waals surface area contributed by atoms with E-state index in [1.165, 1.54) is 0 Å². The summed E-state index contributed by atoms with van der Waals surface area (Å²) in [5.41, 5.74) is 4.00. The molecule has 1 aliphatic rings. The van der Waals surface area contributed by atoms with Gasteiger partial charge in [-0.05, 0) is 50.7 Å². The number of carbonyl (C=O) groups excluding carboxylic acids is 2. The lowest BCUT2D eigenvalue weighted by Crippen LogP contribution is -2.27. The van der Waals surface area contributed by atoms with Gasteiger partial charge in [0.25, 0.3) is 11.8 Å². The first-order chi connectivity index (χ1) is 13.5. The SMILES string of the molecule is COCCCNC(=O)c1nc(C(=O)Nc2c(C)cccc2C)n2c1CCCC2. The van der Waals surface area contributed by atoms with Crippen LogP contribution in [0.1, 0.15) is 57.2 Å². The van der Waals surface area contributed by atoms with E-state index in [4.69, 9.17) is 4.74 Å². The van der Waals surface area contributed by atoms with E-state index >= 15 is 0 Å². The van der Waals surface area contributed by atoms with E-state index in [-0.39, 0.29) is 11.8 Å². The number of rotatable bonds is 7. The number of aryl methyl sites for hydroxylation is 2. The Morgan fingerprint density at radius 2 is 1.93 bits per heavy atom. The largest absolute Gasteiger partial charge is 0.385 e. The fourth-order valence-electron chi connectivity index (χ4n) is 3.58. The van der Waals surface area contributed by atoms with Crippen LogP contribution in [0.2, 0.25) is 0 Å². The molecule has 0 fully saturated rings. The monoisotopic (exact) mass is 384 g/mol. The highest BCUT2D eigenvalue weighted by molar-refractivity contribution is 6.04. The number of hydrogen-bond donors (Lipinski definition) is 2. The molecule has 0 bridgehead atoms. The Morgan fingerprint density at radius 1 is 1.18 bits per heavy atom. The second-order valence-corrected chi connectivity index (χ2v) is 7.16. The van der Waals surface area contributed by atoms with Gasteiger partial charge in [0.05, 0.1) is 5.69 Å². The predicted molar refractivity (Wildman–Crippen MR) is 108 cm³/mol. The van der Waals surface area contributed by atoms with Crippen molar-refractivity contribution in [1.82, 2.24) is 14.9 Å². The molecule has 0 aliphatic carbocycles. The maximum absolute atomic E-state index is 13.0. The molecule has 0 unspecified atom stereocenters. The minimum atomic E-state index is -0.279. The van der Waals surface area contributed by atoms with Crippen molar-refractivity contribution < 1.29 is 14.3 Å². The molecule has 1 aromatic heterocycles. The first-order valence-electron chi connectivity index (χ1n) is 9.77. The number of carbonyl (C=O) groups is 2. The van der Waals surface area contributed by atoms with E-state index < -0.39 is 0 Å². The number of aromatic nitrogens is 2. The first-order valence-corrected chi connectivity index (χ1v) is 9.77. The van der Waals surface area contributed by atoms with E-state index in [0.717, 1.165) is 48.2 Å². The van der Waals surface area contributed by atoms with Crippen LogP contribution in [0.4, 0.5) is 5.69 Å². The average Bonchev–Trinajstić information content (AvgIpc) is 3.08. The standard InChI is InChI=1S/C21H28N4O3/c1-14-8-6-9-15(2)17(14)24-21(27)19-23-18(16-10-4-5-12-25(16)19)20(26)22-11-7-13-28-3/h6,8-9H,4-5,7,10-13H2,1-3H3,(H,22,26)(H,24,27). The van der Waals surface area contributed by atoms with E-state index in [9.17, 15) is 9.59 Å². The molecule has 7 heteroatoms. The number of methoxy groups -OCH3 is 1. The van der Waals surface area contributed by atoms with Crippen LogP contribution in [-0.2, 0) is 17.7 Å². The smallest absolute Gasteiger partial charge is 0.291 e. The molecule has 0 saturated carbocycles. The van der Waals surface area contributed by atoms with Crippen LogP contribution >= 0.6 is 0 Å². The highest BCUT2D eigenvalue weighted by Crippen LogP contribution is 2.24. The number of hydrogen-bond acceptors (Lipinski definition) is 4. The Labute approximate surface area is 165 Å². The van der Waals surface area contributed by atoms with Crippen molar-refractivity contribution in [1.29, 1.82) is 0 Å². The zero-order valence-corrected chi connectivity index (χ0v) is 16.8. The van der Waals surface area contributed by atoms with Crippen LogP contribution in [0.15, 0.2) is 18.2 Å². The van der Waals surface area contributed by atoms with Crippen molar-refractivity contribution in [2.24, 2.45) is 0 Å². The fraction of sp³-hybridized carbons (Fsp3) is 0.476. The summed E-state index contributed by atoms with van der Waals surface area (Å²) < 4.78 is 6.91. The number of nitrogens with zero attached hydrogens (tertiary/aromatic N) is 2. The predicted octanol–water partition coefficient (Wildman–Crippen LogP) is 2.85. The molecule has 0 radical (unpaired) electrons. The Hall–Kier alpha value is -2.67. The third-order valence-corrected chi connectivity index (χ3v) is 5.07. The zero-order valence-electron chi connectivity index (χ0n) is 16.8. The third kappa shape index (κ3) is 4.25. The second kappa shape index (κ2) is 9.01. The van der Waals surface area contributed by atoms with Crippen LogP contribution in [-0.4, -0.2) is 41.6 Å². The highest BCUT2D eigenvalue weighted by atomic mass is 16.5. The van der Waals surface area contributed by atoms with Crippen molar-refractivity contribution >= 4 is 17.5 Å². The normalized spacial score (nSPS) is 13.1. The minimum Gasteiger partial charge on any atom is -0.385 e. The summed E-state index contributed by atoms with van der Waals surface area (Å²) in [6.45, 7) is 5.73. The van der Waals surface area contributed by atoms with E-state index in [0.29, 0.717) is 31.2 Å².